The molecule has 1 saturated heterocycles. The third kappa shape index (κ3) is 2.71. The number of likely N-dealkylation sites (N-methyl/N-ethyl adjacent to an activating group) is 1. The molecule has 0 saturated carbocycles. The number of thioether (sulfide) groups is 2. The molecule has 1 aromatic carbocycles. The zero-order valence-corrected chi connectivity index (χ0v) is 14.9. The van der Waals surface area contributed by atoms with Gasteiger partial charge in [0.05, 0.1) is 15.6 Å². The summed E-state index contributed by atoms with van der Waals surface area (Å²) in [5.41, 5.74) is 1.23. The average molecular weight is 349 g/mol. The van der Waals surface area contributed by atoms with E-state index in [1.54, 1.807) is 16.7 Å². The first-order valence-corrected chi connectivity index (χ1v) is 9.20. The summed E-state index contributed by atoms with van der Waals surface area (Å²) in [5, 5.41) is 1.14. The summed E-state index contributed by atoms with van der Waals surface area (Å²) < 4.78 is 0.645. The normalized spacial score (nSPS) is 21.4. The molecule has 0 atom stereocenters. The number of hydrogen-bond acceptors (Lipinski definition) is 5. The molecule has 1 fully saturated rings. The highest BCUT2D eigenvalue weighted by molar-refractivity contribution is 8.26. The van der Waals surface area contributed by atoms with Crippen molar-refractivity contribution in [2.45, 2.75) is 18.7 Å². The van der Waals surface area contributed by atoms with E-state index in [0.29, 0.717) is 15.8 Å². The monoisotopic (exact) mass is 348 g/mol. The maximum atomic E-state index is 12.2. The van der Waals surface area contributed by atoms with Crippen molar-refractivity contribution in [3.63, 3.8) is 0 Å². The molecular formula is C16H16N2OS3. The molecule has 0 aliphatic carbocycles. The Morgan fingerprint density at radius 1 is 1.09 bits per heavy atom. The van der Waals surface area contributed by atoms with Crippen LogP contribution >= 0.6 is 35.7 Å². The number of fused-ring (bicyclic) bond motifs is 1. The molecule has 2 aliphatic rings. The van der Waals surface area contributed by atoms with E-state index in [9.17, 15) is 4.79 Å². The minimum atomic E-state index is 0.0120. The fourth-order valence-corrected chi connectivity index (χ4v) is 4.89. The number of amides is 1. The summed E-state index contributed by atoms with van der Waals surface area (Å²) in [6.07, 6.45) is 3.92. The predicted octanol–water partition coefficient (Wildman–Crippen LogP) is 4.22. The summed E-state index contributed by atoms with van der Waals surface area (Å²) in [5.74, 6) is 0.0120. The summed E-state index contributed by atoms with van der Waals surface area (Å²) in [4.78, 5) is 18.1. The van der Waals surface area contributed by atoms with Crippen LogP contribution < -0.4 is 4.90 Å². The number of thiocarbonyl (C=S) groups is 1. The number of para-hydroxylation sites is 1. The van der Waals surface area contributed by atoms with Crippen molar-refractivity contribution in [2.24, 2.45) is 0 Å². The van der Waals surface area contributed by atoms with E-state index in [-0.39, 0.29) is 5.91 Å². The first-order valence-electron chi connectivity index (χ1n) is 7.15. The van der Waals surface area contributed by atoms with Crippen LogP contribution in [0.2, 0.25) is 0 Å². The minimum absolute atomic E-state index is 0.0120. The van der Waals surface area contributed by atoms with E-state index in [1.807, 2.05) is 19.1 Å². The molecule has 0 unspecified atom stereocenters. The van der Waals surface area contributed by atoms with E-state index < -0.39 is 0 Å². The van der Waals surface area contributed by atoms with Crippen LogP contribution in [0.15, 0.2) is 51.2 Å². The number of rotatable bonds is 3. The number of benzene rings is 1. The Morgan fingerprint density at radius 3 is 2.50 bits per heavy atom. The highest BCUT2D eigenvalue weighted by Gasteiger charge is 2.30. The summed E-state index contributed by atoms with van der Waals surface area (Å²) >= 11 is 8.35. The van der Waals surface area contributed by atoms with Gasteiger partial charge in [-0.15, -0.1) is 0 Å². The molecule has 3 nitrogen and oxygen atoms in total. The lowest BCUT2D eigenvalue weighted by Gasteiger charge is -2.17. The van der Waals surface area contributed by atoms with Crippen molar-refractivity contribution >= 4 is 51.7 Å². The van der Waals surface area contributed by atoms with Gasteiger partial charge in [0.25, 0.3) is 5.91 Å². The summed E-state index contributed by atoms with van der Waals surface area (Å²) in [7, 11) is 0. The van der Waals surface area contributed by atoms with Crippen molar-refractivity contribution in [3.8, 4) is 0 Å². The first-order chi connectivity index (χ1) is 10.7. The maximum Gasteiger partial charge on any atom is 0.266 e. The van der Waals surface area contributed by atoms with Gasteiger partial charge < -0.3 is 4.90 Å². The number of anilines is 1. The Morgan fingerprint density at radius 2 is 1.82 bits per heavy atom. The first kappa shape index (κ1) is 15.6. The fourth-order valence-electron chi connectivity index (χ4n) is 2.44. The Kier molecular flexibility index (Phi) is 4.61. The maximum absolute atomic E-state index is 12.2. The van der Waals surface area contributed by atoms with Crippen LogP contribution in [0.5, 0.6) is 0 Å². The molecule has 6 heteroatoms. The van der Waals surface area contributed by atoms with Gasteiger partial charge in [-0.25, -0.2) is 0 Å². The number of allylic oxidation sites excluding steroid dienone is 2. The van der Waals surface area contributed by atoms with Gasteiger partial charge in [0.1, 0.15) is 4.32 Å². The van der Waals surface area contributed by atoms with Gasteiger partial charge in [0, 0.05) is 18.0 Å². The number of carbonyl (C=O) groups excluding carboxylic acids is 1. The van der Waals surface area contributed by atoms with E-state index in [1.165, 1.54) is 22.3 Å². The molecular weight excluding hydrogens is 332 g/mol. The highest BCUT2D eigenvalue weighted by Crippen LogP contribution is 2.45. The lowest BCUT2D eigenvalue weighted by atomic mass is 10.3. The highest BCUT2D eigenvalue weighted by atomic mass is 32.2. The van der Waals surface area contributed by atoms with Gasteiger partial charge in [-0.3, -0.25) is 9.69 Å². The van der Waals surface area contributed by atoms with Gasteiger partial charge in [-0.2, -0.15) is 0 Å². The zero-order valence-electron chi connectivity index (χ0n) is 12.4. The van der Waals surface area contributed by atoms with E-state index in [4.69, 9.17) is 12.2 Å². The van der Waals surface area contributed by atoms with Crippen LogP contribution in [0.1, 0.15) is 13.8 Å². The Balaban J connectivity index is 1.87. The second kappa shape index (κ2) is 6.48. The van der Waals surface area contributed by atoms with Crippen molar-refractivity contribution in [3.05, 3.63) is 46.4 Å². The number of carbonyl (C=O) groups is 1. The topological polar surface area (TPSA) is 23.6 Å². The van der Waals surface area contributed by atoms with Crippen LogP contribution in [-0.2, 0) is 4.79 Å². The Hall–Kier alpha value is -1.24. The van der Waals surface area contributed by atoms with Crippen LogP contribution in [0, 0.1) is 0 Å². The minimum Gasteiger partial charge on any atom is -0.335 e. The molecule has 0 aromatic heterocycles. The van der Waals surface area contributed by atoms with Gasteiger partial charge in [0.2, 0.25) is 0 Å². The second-order valence-corrected chi connectivity index (χ2v) is 7.51. The average Bonchev–Trinajstić information content (AvgIpc) is 3.01. The predicted molar refractivity (Wildman–Crippen MR) is 99.1 cm³/mol. The molecule has 0 radical (unpaired) electrons. The Bertz CT molecular complexity index is 696. The van der Waals surface area contributed by atoms with Gasteiger partial charge in [-0.1, -0.05) is 47.9 Å². The molecule has 22 heavy (non-hydrogen) atoms. The van der Waals surface area contributed by atoms with Gasteiger partial charge >= 0.3 is 0 Å². The smallest absolute Gasteiger partial charge is 0.266 e. The van der Waals surface area contributed by atoms with Crippen LogP contribution in [0.4, 0.5) is 5.69 Å². The van der Waals surface area contributed by atoms with Crippen LogP contribution in [0.25, 0.3) is 0 Å². The van der Waals surface area contributed by atoms with E-state index in [0.717, 1.165) is 11.6 Å². The SMILES string of the molecule is CCN1C(=O)C(=CC=C2Sc3ccccc3N2CC)SC1=S. The van der Waals surface area contributed by atoms with Gasteiger partial charge in [0.15, 0.2) is 0 Å². The fraction of sp³-hybridized carbons (Fsp3) is 0.250. The molecule has 0 N–H and O–H groups in total. The quantitative estimate of drug-likeness (QED) is 0.601. The summed E-state index contributed by atoms with van der Waals surface area (Å²) in [6, 6.07) is 8.36. The van der Waals surface area contributed by atoms with E-state index >= 15 is 0 Å². The van der Waals surface area contributed by atoms with Crippen molar-refractivity contribution in [2.75, 3.05) is 18.0 Å². The molecule has 1 amide bonds. The Labute approximate surface area is 144 Å². The van der Waals surface area contributed by atoms with Crippen LogP contribution in [-0.4, -0.2) is 28.2 Å². The zero-order chi connectivity index (χ0) is 15.7. The third-order valence-electron chi connectivity index (χ3n) is 3.52. The van der Waals surface area contributed by atoms with Crippen LogP contribution in [0.3, 0.4) is 0 Å². The molecule has 2 aliphatic heterocycles. The second-order valence-electron chi connectivity index (χ2n) is 4.77. The third-order valence-corrected chi connectivity index (χ3v) is 6.05. The van der Waals surface area contributed by atoms with Crippen molar-refractivity contribution in [1.82, 2.24) is 4.90 Å². The van der Waals surface area contributed by atoms with E-state index in [2.05, 4.69) is 36.1 Å². The molecule has 0 bridgehead atoms. The van der Waals surface area contributed by atoms with Crippen molar-refractivity contribution < 1.29 is 4.79 Å². The lowest BCUT2D eigenvalue weighted by Crippen LogP contribution is -2.27. The number of nitrogens with zero attached hydrogens (tertiary/aromatic N) is 2. The molecule has 3 rings (SSSR count). The molecule has 1 aromatic rings. The summed E-state index contributed by atoms with van der Waals surface area (Å²) in [6.45, 7) is 5.60. The van der Waals surface area contributed by atoms with Crippen molar-refractivity contribution in [1.29, 1.82) is 0 Å². The molecule has 0 spiro atoms. The largest absolute Gasteiger partial charge is 0.335 e. The standard InChI is InChI=1S/C16H16N2OS3/c1-3-17-11-7-5-6-8-12(11)21-14(17)10-9-13-15(19)18(4-2)16(20)22-13/h5-10H,3-4H2,1-2H3. The lowest BCUT2D eigenvalue weighted by molar-refractivity contribution is -0.122. The number of hydrogen-bond donors (Lipinski definition) is 0. The van der Waals surface area contributed by atoms with Gasteiger partial charge in [-0.05, 0) is 38.1 Å². The molecule has 2 heterocycles. The molecule has 114 valence electrons.